The molecule has 6 heteroatoms. The molecule has 0 saturated heterocycles. The Morgan fingerprint density at radius 1 is 1.21 bits per heavy atom. The number of amides is 2. The molecule has 24 heavy (non-hydrogen) atoms. The van der Waals surface area contributed by atoms with Crippen molar-refractivity contribution in [3.63, 3.8) is 0 Å². The van der Waals surface area contributed by atoms with Gasteiger partial charge in [-0.05, 0) is 44.0 Å². The lowest BCUT2D eigenvalue weighted by molar-refractivity contribution is 0.250. The van der Waals surface area contributed by atoms with Crippen LogP contribution in [-0.4, -0.2) is 30.7 Å². The Balaban J connectivity index is 1.82. The van der Waals surface area contributed by atoms with Gasteiger partial charge in [-0.2, -0.15) is 0 Å². The summed E-state index contributed by atoms with van der Waals surface area (Å²) in [5, 5.41) is 8.77. The number of urea groups is 1. The Hall–Kier alpha value is -2.76. The molecule has 0 atom stereocenters. The van der Waals surface area contributed by atoms with Crippen LogP contribution in [0.4, 0.5) is 16.3 Å². The highest BCUT2D eigenvalue weighted by molar-refractivity contribution is 5.89. The third-order valence-corrected chi connectivity index (χ3v) is 3.33. The SMILES string of the molecule is COc1ccccc1CCNc1ccc(NC(=O)NC(C)C)cn1. The summed E-state index contributed by atoms with van der Waals surface area (Å²) in [5.74, 6) is 1.66. The molecule has 0 unspecified atom stereocenters. The molecule has 0 spiro atoms. The number of ether oxygens (including phenoxy) is 1. The zero-order valence-corrected chi connectivity index (χ0v) is 14.3. The van der Waals surface area contributed by atoms with Crippen LogP contribution >= 0.6 is 0 Å². The molecule has 2 aromatic rings. The van der Waals surface area contributed by atoms with Crippen molar-refractivity contribution in [3.05, 3.63) is 48.2 Å². The standard InChI is InChI=1S/C18H24N4O2/c1-13(2)21-18(23)22-15-8-9-17(20-12-15)19-11-10-14-6-4-5-7-16(14)24-3/h4-9,12-13H,10-11H2,1-3H3,(H,19,20)(H2,21,22,23). The second kappa shape index (κ2) is 8.76. The number of methoxy groups -OCH3 is 1. The van der Waals surface area contributed by atoms with E-state index in [-0.39, 0.29) is 12.1 Å². The third-order valence-electron chi connectivity index (χ3n) is 3.33. The van der Waals surface area contributed by atoms with Gasteiger partial charge in [0.1, 0.15) is 11.6 Å². The van der Waals surface area contributed by atoms with Crippen LogP contribution < -0.4 is 20.7 Å². The molecule has 2 amide bonds. The summed E-state index contributed by atoms with van der Waals surface area (Å²) >= 11 is 0. The molecule has 0 radical (unpaired) electrons. The number of hydrogen-bond acceptors (Lipinski definition) is 4. The van der Waals surface area contributed by atoms with Crippen molar-refractivity contribution in [2.45, 2.75) is 26.3 Å². The summed E-state index contributed by atoms with van der Waals surface area (Å²) in [6.07, 6.45) is 2.47. The lowest BCUT2D eigenvalue weighted by Crippen LogP contribution is -2.34. The van der Waals surface area contributed by atoms with Gasteiger partial charge < -0.3 is 20.7 Å². The number of pyridine rings is 1. The van der Waals surface area contributed by atoms with Gasteiger partial charge in [-0.25, -0.2) is 9.78 Å². The number of hydrogen-bond donors (Lipinski definition) is 3. The number of nitrogens with zero attached hydrogens (tertiary/aromatic N) is 1. The van der Waals surface area contributed by atoms with E-state index in [1.54, 1.807) is 13.3 Å². The van der Waals surface area contributed by atoms with E-state index in [4.69, 9.17) is 4.74 Å². The van der Waals surface area contributed by atoms with E-state index in [0.717, 1.165) is 30.1 Å². The van der Waals surface area contributed by atoms with Crippen molar-refractivity contribution in [2.75, 3.05) is 24.3 Å². The number of nitrogens with one attached hydrogen (secondary N) is 3. The Kier molecular flexibility index (Phi) is 6.42. The van der Waals surface area contributed by atoms with E-state index < -0.39 is 0 Å². The molecule has 0 bridgehead atoms. The van der Waals surface area contributed by atoms with Crippen molar-refractivity contribution in [3.8, 4) is 5.75 Å². The molecular weight excluding hydrogens is 304 g/mol. The van der Waals surface area contributed by atoms with Crippen LogP contribution in [0.15, 0.2) is 42.6 Å². The molecular formula is C18H24N4O2. The summed E-state index contributed by atoms with van der Waals surface area (Å²) in [7, 11) is 1.68. The summed E-state index contributed by atoms with van der Waals surface area (Å²) in [6.45, 7) is 4.56. The molecule has 1 aromatic carbocycles. The average Bonchev–Trinajstić information content (AvgIpc) is 2.56. The lowest BCUT2D eigenvalue weighted by atomic mass is 10.1. The maximum atomic E-state index is 11.6. The third kappa shape index (κ3) is 5.46. The molecule has 3 N–H and O–H groups in total. The Labute approximate surface area is 142 Å². The maximum Gasteiger partial charge on any atom is 0.319 e. The first-order valence-electron chi connectivity index (χ1n) is 7.98. The van der Waals surface area contributed by atoms with Gasteiger partial charge >= 0.3 is 6.03 Å². The van der Waals surface area contributed by atoms with E-state index in [2.05, 4.69) is 20.9 Å². The van der Waals surface area contributed by atoms with Crippen molar-refractivity contribution in [2.24, 2.45) is 0 Å². The Morgan fingerprint density at radius 2 is 2.00 bits per heavy atom. The van der Waals surface area contributed by atoms with E-state index >= 15 is 0 Å². The zero-order chi connectivity index (χ0) is 17.4. The molecule has 0 aliphatic heterocycles. The van der Waals surface area contributed by atoms with E-state index in [1.165, 1.54) is 0 Å². The smallest absolute Gasteiger partial charge is 0.319 e. The first kappa shape index (κ1) is 17.6. The quantitative estimate of drug-likeness (QED) is 0.729. The van der Waals surface area contributed by atoms with Crippen LogP contribution in [-0.2, 0) is 6.42 Å². The highest BCUT2D eigenvalue weighted by Crippen LogP contribution is 2.18. The zero-order valence-electron chi connectivity index (χ0n) is 14.3. The fourth-order valence-corrected chi connectivity index (χ4v) is 2.24. The first-order chi connectivity index (χ1) is 11.6. The van der Waals surface area contributed by atoms with Crippen LogP contribution in [0.5, 0.6) is 5.75 Å². The summed E-state index contributed by atoms with van der Waals surface area (Å²) < 4.78 is 5.34. The van der Waals surface area contributed by atoms with Gasteiger partial charge in [-0.3, -0.25) is 0 Å². The predicted molar refractivity (Wildman–Crippen MR) is 96.7 cm³/mol. The van der Waals surface area contributed by atoms with Gasteiger partial charge in [0.2, 0.25) is 0 Å². The maximum absolute atomic E-state index is 11.6. The number of carbonyl (C=O) groups excluding carboxylic acids is 1. The first-order valence-corrected chi connectivity index (χ1v) is 7.98. The minimum absolute atomic E-state index is 0.0916. The van der Waals surface area contributed by atoms with Crippen LogP contribution in [0, 0.1) is 0 Å². The highest BCUT2D eigenvalue weighted by Gasteiger charge is 2.04. The second-order valence-corrected chi connectivity index (χ2v) is 5.67. The number of benzene rings is 1. The van der Waals surface area contributed by atoms with Gasteiger partial charge in [-0.15, -0.1) is 0 Å². The molecule has 6 nitrogen and oxygen atoms in total. The predicted octanol–water partition coefficient (Wildman–Crippen LogP) is 3.27. The number of rotatable bonds is 7. The van der Waals surface area contributed by atoms with Crippen LogP contribution in [0.1, 0.15) is 19.4 Å². The van der Waals surface area contributed by atoms with Crippen molar-refractivity contribution < 1.29 is 9.53 Å². The monoisotopic (exact) mass is 328 g/mol. The Bertz CT molecular complexity index is 656. The van der Waals surface area contributed by atoms with Gasteiger partial charge in [-0.1, -0.05) is 18.2 Å². The number of para-hydroxylation sites is 1. The van der Waals surface area contributed by atoms with Gasteiger partial charge in [0.25, 0.3) is 0 Å². The number of anilines is 2. The van der Waals surface area contributed by atoms with E-state index in [0.29, 0.717) is 5.69 Å². The topological polar surface area (TPSA) is 75.3 Å². The number of aromatic nitrogens is 1. The fraction of sp³-hybridized carbons (Fsp3) is 0.333. The molecule has 0 aliphatic carbocycles. The molecule has 0 saturated carbocycles. The van der Waals surface area contributed by atoms with Gasteiger partial charge in [0.05, 0.1) is 19.0 Å². The summed E-state index contributed by atoms with van der Waals surface area (Å²) in [6, 6.07) is 11.5. The van der Waals surface area contributed by atoms with Crippen LogP contribution in [0.2, 0.25) is 0 Å². The minimum Gasteiger partial charge on any atom is -0.496 e. The molecule has 1 aromatic heterocycles. The van der Waals surface area contributed by atoms with Gasteiger partial charge in [0, 0.05) is 12.6 Å². The minimum atomic E-state index is -0.233. The highest BCUT2D eigenvalue weighted by atomic mass is 16.5. The molecule has 2 rings (SSSR count). The largest absolute Gasteiger partial charge is 0.496 e. The molecule has 0 aliphatic rings. The lowest BCUT2D eigenvalue weighted by Gasteiger charge is -2.11. The van der Waals surface area contributed by atoms with E-state index in [1.807, 2.05) is 50.2 Å². The number of carbonyl (C=O) groups is 1. The van der Waals surface area contributed by atoms with Crippen LogP contribution in [0.25, 0.3) is 0 Å². The summed E-state index contributed by atoms with van der Waals surface area (Å²) in [5.41, 5.74) is 1.81. The van der Waals surface area contributed by atoms with Crippen LogP contribution in [0.3, 0.4) is 0 Å². The van der Waals surface area contributed by atoms with Crippen molar-refractivity contribution in [1.29, 1.82) is 0 Å². The molecule has 128 valence electrons. The van der Waals surface area contributed by atoms with Crippen molar-refractivity contribution >= 4 is 17.5 Å². The molecule has 0 fully saturated rings. The van der Waals surface area contributed by atoms with E-state index in [9.17, 15) is 4.79 Å². The average molecular weight is 328 g/mol. The molecule has 1 heterocycles. The second-order valence-electron chi connectivity index (χ2n) is 5.67. The summed E-state index contributed by atoms with van der Waals surface area (Å²) in [4.78, 5) is 15.9. The van der Waals surface area contributed by atoms with Gasteiger partial charge in [0.15, 0.2) is 0 Å². The Morgan fingerprint density at radius 3 is 2.67 bits per heavy atom. The fourth-order valence-electron chi connectivity index (χ4n) is 2.24. The normalized spacial score (nSPS) is 10.3. The van der Waals surface area contributed by atoms with Crippen molar-refractivity contribution in [1.82, 2.24) is 10.3 Å².